The fourth-order valence-corrected chi connectivity index (χ4v) is 2.87. The summed E-state index contributed by atoms with van der Waals surface area (Å²) in [6.07, 6.45) is 2.28. The number of benzene rings is 2. The minimum Gasteiger partial charge on any atom is -0.340 e. The zero-order valence-electron chi connectivity index (χ0n) is 12.5. The van der Waals surface area contributed by atoms with Gasteiger partial charge in [0.15, 0.2) is 0 Å². The van der Waals surface area contributed by atoms with Gasteiger partial charge in [-0.15, -0.1) is 0 Å². The molecule has 0 fully saturated rings. The Morgan fingerprint density at radius 2 is 1.71 bits per heavy atom. The highest BCUT2D eigenvalue weighted by Gasteiger charge is 2.08. The van der Waals surface area contributed by atoms with Crippen molar-refractivity contribution < 1.29 is 0 Å². The predicted octanol–water partition coefficient (Wildman–Crippen LogP) is 3.84. The van der Waals surface area contributed by atoms with Crippen LogP contribution in [0, 0.1) is 0 Å². The molecule has 21 heavy (non-hydrogen) atoms. The highest BCUT2D eigenvalue weighted by atomic mass is 15.0. The second-order valence-corrected chi connectivity index (χ2v) is 5.47. The van der Waals surface area contributed by atoms with Crippen LogP contribution in [0.25, 0.3) is 10.9 Å². The third kappa shape index (κ3) is 3.17. The molecule has 2 aromatic carbocycles. The van der Waals surface area contributed by atoms with Crippen molar-refractivity contribution in [1.82, 2.24) is 9.88 Å². The second kappa shape index (κ2) is 6.59. The summed E-state index contributed by atoms with van der Waals surface area (Å²) in [5.41, 5.74) is 4.12. The van der Waals surface area contributed by atoms with Crippen LogP contribution in [0.5, 0.6) is 0 Å². The number of nitrogens with one attached hydrogen (secondary N) is 1. The lowest BCUT2D eigenvalue weighted by atomic mass is 10.2. The van der Waals surface area contributed by atoms with Crippen LogP contribution in [0.15, 0.2) is 60.7 Å². The molecular formula is C19H22N2. The molecule has 0 spiro atoms. The van der Waals surface area contributed by atoms with E-state index in [1.54, 1.807) is 0 Å². The van der Waals surface area contributed by atoms with Crippen LogP contribution in [-0.2, 0) is 13.0 Å². The van der Waals surface area contributed by atoms with E-state index < -0.39 is 0 Å². The molecule has 1 heterocycles. The van der Waals surface area contributed by atoms with E-state index >= 15 is 0 Å². The lowest BCUT2D eigenvalue weighted by Gasteiger charge is -2.11. The van der Waals surface area contributed by atoms with E-state index in [2.05, 4.69) is 70.5 Å². The van der Waals surface area contributed by atoms with Gasteiger partial charge >= 0.3 is 0 Å². The molecule has 3 aromatic rings. The van der Waals surface area contributed by atoms with E-state index in [1.807, 2.05) is 7.05 Å². The normalized spacial score (nSPS) is 11.1. The standard InChI is InChI=1S/C19H22N2/c1-20-13-7-11-18-14-17-10-5-6-12-19(17)21(18)15-16-8-3-2-4-9-16/h2-6,8-10,12,14,20H,7,11,13,15H2,1H3. The number of para-hydroxylation sites is 1. The summed E-state index contributed by atoms with van der Waals surface area (Å²) in [5.74, 6) is 0. The van der Waals surface area contributed by atoms with Crippen molar-refractivity contribution in [1.29, 1.82) is 0 Å². The molecule has 0 saturated carbocycles. The summed E-state index contributed by atoms with van der Waals surface area (Å²) in [5, 5.41) is 4.57. The zero-order valence-corrected chi connectivity index (χ0v) is 12.5. The Hall–Kier alpha value is -2.06. The Balaban J connectivity index is 1.95. The lowest BCUT2D eigenvalue weighted by molar-refractivity contribution is 0.682. The molecule has 1 aromatic heterocycles. The molecule has 0 saturated heterocycles. The molecule has 3 rings (SSSR count). The number of fused-ring (bicyclic) bond motifs is 1. The van der Waals surface area contributed by atoms with Gasteiger partial charge in [0.25, 0.3) is 0 Å². The fraction of sp³-hybridized carbons (Fsp3) is 0.263. The maximum Gasteiger partial charge on any atom is 0.0485 e. The van der Waals surface area contributed by atoms with Crippen LogP contribution < -0.4 is 5.32 Å². The van der Waals surface area contributed by atoms with Crippen molar-refractivity contribution in [3.8, 4) is 0 Å². The molecule has 0 aliphatic rings. The Bertz CT molecular complexity index is 698. The first-order valence-corrected chi connectivity index (χ1v) is 7.64. The van der Waals surface area contributed by atoms with Gasteiger partial charge in [-0.1, -0.05) is 48.5 Å². The van der Waals surface area contributed by atoms with Gasteiger partial charge in [-0.25, -0.2) is 0 Å². The van der Waals surface area contributed by atoms with Crippen LogP contribution in [0.2, 0.25) is 0 Å². The highest BCUT2D eigenvalue weighted by Crippen LogP contribution is 2.22. The first-order valence-electron chi connectivity index (χ1n) is 7.64. The summed E-state index contributed by atoms with van der Waals surface area (Å²) in [4.78, 5) is 0. The second-order valence-electron chi connectivity index (χ2n) is 5.47. The summed E-state index contributed by atoms with van der Waals surface area (Å²) >= 11 is 0. The van der Waals surface area contributed by atoms with Crippen molar-refractivity contribution in [3.05, 3.63) is 71.9 Å². The van der Waals surface area contributed by atoms with E-state index in [1.165, 1.54) is 28.6 Å². The summed E-state index contributed by atoms with van der Waals surface area (Å²) < 4.78 is 2.46. The minimum absolute atomic E-state index is 0.948. The Kier molecular flexibility index (Phi) is 4.37. The van der Waals surface area contributed by atoms with Gasteiger partial charge in [0.05, 0.1) is 0 Å². The van der Waals surface area contributed by atoms with Gasteiger partial charge in [0.2, 0.25) is 0 Å². The van der Waals surface area contributed by atoms with Crippen molar-refractivity contribution in [2.75, 3.05) is 13.6 Å². The molecule has 2 heteroatoms. The van der Waals surface area contributed by atoms with Crippen LogP contribution in [0.4, 0.5) is 0 Å². The SMILES string of the molecule is CNCCCc1cc2ccccc2n1Cc1ccccc1. The summed E-state index contributed by atoms with van der Waals surface area (Å²) in [7, 11) is 2.01. The molecular weight excluding hydrogens is 256 g/mol. The van der Waals surface area contributed by atoms with Crippen LogP contribution >= 0.6 is 0 Å². The topological polar surface area (TPSA) is 17.0 Å². The molecule has 2 nitrogen and oxygen atoms in total. The van der Waals surface area contributed by atoms with Crippen molar-refractivity contribution >= 4 is 10.9 Å². The maximum atomic E-state index is 3.23. The molecule has 108 valence electrons. The largest absolute Gasteiger partial charge is 0.340 e. The van der Waals surface area contributed by atoms with E-state index in [4.69, 9.17) is 0 Å². The highest BCUT2D eigenvalue weighted by molar-refractivity contribution is 5.81. The van der Waals surface area contributed by atoms with Gasteiger partial charge in [0, 0.05) is 17.8 Å². The predicted molar refractivity (Wildman–Crippen MR) is 89.7 cm³/mol. The number of nitrogens with zero attached hydrogens (tertiary/aromatic N) is 1. The Morgan fingerprint density at radius 3 is 2.52 bits per heavy atom. The number of aryl methyl sites for hydroxylation is 1. The molecule has 0 bridgehead atoms. The molecule has 0 atom stereocenters. The van der Waals surface area contributed by atoms with Crippen LogP contribution in [0.1, 0.15) is 17.7 Å². The van der Waals surface area contributed by atoms with Crippen molar-refractivity contribution in [2.24, 2.45) is 0 Å². The van der Waals surface area contributed by atoms with Crippen molar-refractivity contribution in [2.45, 2.75) is 19.4 Å². The first-order chi connectivity index (χ1) is 10.4. The number of rotatable bonds is 6. The van der Waals surface area contributed by atoms with Crippen LogP contribution in [0.3, 0.4) is 0 Å². The molecule has 1 N–H and O–H groups in total. The van der Waals surface area contributed by atoms with Gasteiger partial charge in [-0.2, -0.15) is 0 Å². The number of aromatic nitrogens is 1. The maximum absolute atomic E-state index is 3.23. The number of hydrogen-bond donors (Lipinski definition) is 1. The Labute approximate surface area is 126 Å². The molecule has 0 unspecified atom stereocenters. The summed E-state index contributed by atoms with van der Waals surface area (Å²) in [6.45, 7) is 2.01. The lowest BCUT2D eigenvalue weighted by Crippen LogP contribution is -2.10. The minimum atomic E-state index is 0.948. The third-order valence-electron chi connectivity index (χ3n) is 3.94. The molecule has 0 amide bonds. The molecule has 0 radical (unpaired) electrons. The monoisotopic (exact) mass is 278 g/mol. The van der Waals surface area contributed by atoms with E-state index in [0.29, 0.717) is 0 Å². The van der Waals surface area contributed by atoms with Crippen LogP contribution in [-0.4, -0.2) is 18.2 Å². The van der Waals surface area contributed by atoms with Gasteiger partial charge < -0.3 is 9.88 Å². The summed E-state index contributed by atoms with van der Waals surface area (Å²) in [6, 6.07) is 21.7. The quantitative estimate of drug-likeness (QED) is 0.678. The zero-order chi connectivity index (χ0) is 14.5. The average molecular weight is 278 g/mol. The third-order valence-corrected chi connectivity index (χ3v) is 3.94. The average Bonchev–Trinajstić information content (AvgIpc) is 2.87. The molecule has 0 aliphatic carbocycles. The number of hydrogen-bond acceptors (Lipinski definition) is 1. The van der Waals surface area contributed by atoms with E-state index in [0.717, 1.165) is 19.5 Å². The van der Waals surface area contributed by atoms with E-state index in [9.17, 15) is 0 Å². The van der Waals surface area contributed by atoms with Gasteiger partial charge in [-0.3, -0.25) is 0 Å². The van der Waals surface area contributed by atoms with Gasteiger partial charge in [0.1, 0.15) is 0 Å². The Morgan fingerprint density at radius 1 is 0.952 bits per heavy atom. The van der Waals surface area contributed by atoms with E-state index in [-0.39, 0.29) is 0 Å². The molecule has 0 aliphatic heterocycles. The van der Waals surface area contributed by atoms with Crippen molar-refractivity contribution in [3.63, 3.8) is 0 Å². The smallest absolute Gasteiger partial charge is 0.0485 e. The first kappa shape index (κ1) is 13.9. The fourth-order valence-electron chi connectivity index (χ4n) is 2.87. The van der Waals surface area contributed by atoms with Gasteiger partial charge in [-0.05, 0) is 49.5 Å².